The number of nitrogens with zero attached hydrogens (tertiary/aromatic N) is 3. The molecule has 2 atom stereocenters. The highest BCUT2D eigenvalue weighted by atomic mass is 16.6. The number of cyclic esters (lactones) is 1. The van der Waals surface area contributed by atoms with E-state index >= 15 is 0 Å². The molecule has 8 nitrogen and oxygen atoms in total. The van der Waals surface area contributed by atoms with Gasteiger partial charge < -0.3 is 19.5 Å². The number of carbonyl (C=O) groups is 1. The zero-order valence-electron chi connectivity index (χ0n) is 14.0. The van der Waals surface area contributed by atoms with Crippen LogP contribution in [0.25, 0.3) is 10.9 Å². The van der Waals surface area contributed by atoms with Crippen molar-refractivity contribution in [2.75, 3.05) is 33.3 Å². The third kappa shape index (κ3) is 3.43. The van der Waals surface area contributed by atoms with Crippen LogP contribution in [0.2, 0.25) is 0 Å². The SMILES string of the molecule is COc1ccc2ncnc(O[C@H]3CCN(C[C@@H]4CNC(=O)O4)C3)c2c1. The van der Waals surface area contributed by atoms with Gasteiger partial charge in [0.05, 0.1) is 24.6 Å². The number of amides is 1. The van der Waals surface area contributed by atoms with E-state index in [-0.39, 0.29) is 18.3 Å². The molecular weight excluding hydrogens is 324 g/mol. The van der Waals surface area contributed by atoms with Crippen LogP contribution in [0.1, 0.15) is 6.42 Å². The summed E-state index contributed by atoms with van der Waals surface area (Å²) < 4.78 is 16.6. The van der Waals surface area contributed by atoms with Gasteiger partial charge in [-0.3, -0.25) is 4.90 Å². The zero-order valence-corrected chi connectivity index (χ0v) is 14.0. The number of aromatic nitrogens is 2. The number of alkyl carbamates (subject to hydrolysis) is 1. The van der Waals surface area contributed by atoms with Gasteiger partial charge in [0.1, 0.15) is 24.3 Å². The molecule has 2 aliphatic rings. The van der Waals surface area contributed by atoms with Gasteiger partial charge in [-0.25, -0.2) is 14.8 Å². The summed E-state index contributed by atoms with van der Waals surface area (Å²) in [6, 6.07) is 5.65. The Morgan fingerprint density at radius 2 is 2.32 bits per heavy atom. The lowest BCUT2D eigenvalue weighted by molar-refractivity contribution is 0.111. The molecule has 1 amide bonds. The molecule has 0 radical (unpaired) electrons. The number of benzene rings is 1. The van der Waals surface area contributed by atoms with E-state index in [0.717, 1.165) is 42.7 Å². The van der Waals surface area contributed by atoms with E-state index in [1.165, 1.54) is 6.33 Å². The Hall–Kier alpha value is -2.61. The van der Waals surface area contributed by atoms with Gasteiger partial charge in [-0.15, -0.1) is 0 Å². The summed E-state index contributed by atoms with van der Waals surface area (Å²) in [5.74, 6) is 1.32. The minimum atomic E-state index is -0.335. The standard InChI is InChI=1S/C17H20N4O4/c1-23-11-2-3-15-14(6-11)16(20-10-19-15)24-12-4-5-21(8-12)9-13-7-18-17(22)25-13/h2-3,6,10,12-13H,4-5,7-9H2,1H3,(H,18,22)/t12-,13-/m0/s1. The van der Waals surface area contributed by atoms with E-state index in [9.17, 15) is 4.79 Å². The van der Waals surface area contributed by atoms with Gasteiger partial charge >= 0.3 is 6.09 Å². The number of fused-ring (bicyclic) bond motifs is 1. The molecule has 0 aliphatic carbocycles. The van der Waals surface area contributed by atoms with Gasteiger partial charge in [-0.05, 0) is 24.6 Å². The number of hydrogen-bond acceptors (Lipinski definition) is 7. The largest absolute Gasteiger partial charge is 0.497 e. The van der Waals surface area contributed by atoms with Gasteiger partial charge in [-0.1, -0.05) is 0 Å². The number of nitrogens with one attached hydrogen (secondary N) is 1. The lowest BCUT2D eigenvalue weighted by Crippen LogP contribution is -2.34. The van der Waals surface area contributed by atoms with E-state index in [2.05, 4.69) is 20.2 Å². The Bertz CT molecular complexity index is 784. The first kappa shape index (κ1) is 15.9. The van der Waals surface area contributed by atoms with E-state index in [4.69, 9.17) is 14.2 Å². The minimum absolute atomic E-state index is 0.0503. The molecule has 0 saturated carbocycles. The molecule has 132 valence electrons. The maximum Gasteiger partial charge on any atom is 0.407 e. The highest BCUT2D eigenvalue weighted by molar-refractivity contribution is 5.84. The van der Waals surface area contributed by atoms with Crippen molar-refractivity contribution in [2.45, 2.75) is 18.6 Å². The molecule has 25 heavy (non-hydrogen) atoms. The normalized spacial score (nSPS) is 23.5. The maximum atomic E-state index is 11.1. The number of ether oxygens (including phenoxy) is 3. The predicted octanol–water partition coefficient (Wildman–Crippen LogP) is 1.20. The molecule has 0 unspecified atom stereocenters. The Labute approximate surface area is 145 Å². The summed E-state index contributed by atoms with van der Waals surface area (Å²) in [6.45, 7) is 2.97. The second-order valence-electron chi connectivity index (χ2n) is 6.26. The van der Waals surface area contributed by atoms with Crippen molar-refractivity contribution in [1.82, 2.24) is 20.2 Å². The van der Waals surface area contributed by atoms with Crippen LogP contribution < -0.4 is 14.8 Å². The number of carbonyl (C=O) groups excluding carboxylic acids is 1. The molecule has 2 saturated heterocycles. The molecule has 0 bridgehead atoms. The van der Waals surface area contributed by atoms with Crippen molar-refractivity contribution < 1.29 is 19.0 Å². The smallest absolute Gasteiger partial charge is 0.407 e. The van der Waals surface area contributed by atoms with Crippen molar-refractivity contribution in [3.8, 4) is 11.6 Å². The van der Waals surface area contributed by atoms with Crippen LogP contribution in [-0.2, 0) is 4.74 Å². The predicted molar refractivity (Wildman–Crippen MR) is 89.8 cm³/mol. The van der Waals surface area contributed by atoms with Gasteiger partial charge in [0, 0.05) is 19.6 Å². The van der Waals surface area contributed by atoms with E-state index in [1.54, 1.807) is 7.11 Å². The summed E-state index contributed by atoms with van der Waals surface area (Å²) >= 11 is 0. The molecular formula is C17H20N4O4. The van der Waals surface area contributed by atoms with Gasteiger partial charge in [0.15, 0.2) is 0 Å². The first-order chi connectivity index (χ1) is 12.2. The second kappa shape index (κ2) is 6.72. The molecule has 1 aromatic heterocycles. The summed E-state index contributed by atoms with van der Waals surface area (Å²) in [4.78, 5) is 21.9. The first-order valence-electron chi connectivity index (χ1n) is 8.33. The van der Waals surface area contributed by atoms with Crippen LogP contribution in [0.3, 0.4) is 0 Å². The van der Waals surface area contributed by atoms with Crippen LogP contribution in [0, 0.1) is 0 Å². The Morgan fingerprint density at radius 3 is 3.12 bits per heavy atom. The maximum absolute atomic E-state index is 11.1. The average molecular weight is 344 g/mol. The van der Waals surface area contributed by atoms with Gasteiger partial charge in [0.25, 0.3) is 0 Å². The fourth-order valence-corrected chi connectivity index (χ4v) is 3.27. The Morgan fingerprint density at radius 1 is 1.40 bits per heavy atom. The lowest BCUT2D eigenvalue weighted by atomic mass is 10.2. The number of methoxy groups -OCH3 is 1. The van der Waals surface area contributed by atoms with E-state index in [0.29, 0.717) is 12.4 Å². The summed E-state index contributed by atoms with van der Waals surface area (Å²) in [7, 11) is 1.63. The molecule has 1 aromatic carbocycles. The lowest BCUT2D eigenvalue weighted by Gasteiger charge is -2.19. The molecule has 0 spiro atoms. The highest BCUT2D eigenvalue weighted by Crippen LogP contribution is 2.27. The van der Waals surface area contributed by atoms with Crippen LogP contribution in [0.4, 0.5) is 4.79 Å². The zero-order chi connectivity index (χ0) is 17.2. The van der Waals surface area contributed by atoms with Gasteiger partial charge in [-0.2, -0.15) is 0 Å². The fourth-order valence-electron chi connectivity index (χ4n) is 3.27. The fraction of sp³-hybridized carbons (Fsp3) is 0.471. The molecule has 4 rings (SSSR count). The Balaban J connectivity index is 1.42. The summed E-state index contributed by atoms with van der Waals surface area (Å²) in [5, 5.41) is 3.52. The minimum Gasteiger partial charge on any atom is -0.497 e. The molecule has 2 aliphatic heterocycles. The van der Waals surface area contributed by atoms with Crippen molar-refractivity contribution in [1.29, 1.82) is 0 Å². The molecule has 8 heteroatoms. The molecule has 2 aromatic rings. The van der Waals surface area contributed by atoms with Crippen molar-refractivity contribution in [3.63, 3.8) is 0 Å². The van der Waals surface area contributed by atoms with E-state index in [1.807, 2.05) is 18.2 Å². The third-order valence-corrected chi connectivity index (χ3v) is 4.52. The van der Waals surface area contributed by atoms with Gasteiger partial charge in [0.2, 0.25) is 5.88 Å². The van der Waals surface area contributed by atoms with Crippen LogP contribution in [0.5, 0.6) is 11.6 Å². The monoisotopic (exact) mass is 344 g/mol. The second-order valence-corrected chi connectivity index (χ2v) is 6.26. The number of rotatable bonds is 5. The van der Waals surface area contributed by atoms with Crippen molar-refractivity contribution in [2.24, 2.45) is 0 Å². The third-order valence-electron chi connectivity index (χ3n) is 4.52. The van der Waals surface area contributed by atoms with Crippen LogP contribution in [-0.4, -0.2) is 66.5 Å². The first-order valence-corrected chi connectivity index (χ1v) is 8.33. The quantitative estimate of drug-likeness (QED) is 0.872. The Kier molecular flexibility index (Phi) is 4.27. The van der Waals surface area contributed by atoms with Crippen LogP contribution in [0.15, 0.2) is 24.5 Å². The molecule has 3 heterocycles. The average Bonchev–Trinajstić information content (AvgIpc) is 3.24. The highest BCUT2D eigenvalue weighted by Gasteiger charge is 2.30. The number of likely N-dealkylation sites (tertiary alicyclic amines) is 1. The van der Waals surface area contributed by atoms with E-state index < -0.39 is 0 Å². The van der Waals surface area contributed by atoms with Crippen molar-refractivity contribution >= 4 is 17.0 Å². The number of hydrogen-bond donors (Lipinski definition) is 1. The molecule has 1 N–H and O–H groups in total. The van der Waals surface area contributed by atoms with Crippen molar-refractivity contribution in [3.05, 3.63) is 24.5 Å². The molecule has 2 fully saturated rings. The van der Waals surface area contributed by atoms with Crippen LogP contribution >= 0.6 is 0 Å². The summed E-state index contributed by atoms with van der Waals surface area (Å²) in [5.41, 5.74) is 0.824. The summed E-state index contributed by atoms with van der Waals surface area (Å²) in [6.07, 6.45) is 2.05. The topological polar surface area (TPSA) is 85.8 Å².